The minimum Gasteiger partial charge on any atom is -0.482 e. The van der Waals surface area contributed by atoms with Crippen molar-refractivity contribution in [1.82, 2.24) is 10.4 Å². The first-order valence-corrected chi connectivity index (χ1v) is 4.09. The lowest BCUT2D eigenvalue weighted by Gasteiger charge is -2.11. The Morgan fingerprint density at radius 1 is 1.56 bits per heavy atom. The van der Waals surface area contributed by atoms with Gasteiger partial charge in [-0.05, 0) is 12.1 Å². The highest BCUT2D eigenvalue weighted by Gasteiger charge is 2.29. The normalized spacial score (nSPS) is 11.0. The lowest BCUT2D eigenvalue weighted by molar-refractivity contribution is -0.153. The summed E-state index contributed by atoms with van der Waals surface area (Å²) in [4.78, 5) is 14.7. The highest BCUT2D eigenvalue weighted by atomic mass is 19.4. The fourth-order valence-electron chi connectivity index (χ4n) is 0.905. The maximum atomic E-state index is 11.9. The summed E-state index contributed by atoms with van der Waals surface area (Å²) < 4.78 is 40.1. The minimum atomic E-state index is -4.48. The van der Waals surface area contributed by atoms with E-state index in [1.54, 1.807) is 5.43 Å². The summed E-state index contributed by atoms with van der Waals surface area (Å²) >= 11 is 0. The van der Waals surface area contributed by atoms with Crippen molar-refractivity contribution in [2.24, 2.45) is 5.84 Å². The predicted octanol–water partition coefficient (Wildman–Crippen LogP) is 0.626. The average Bonchev–Trinajstić information content (AvgIpc) is 2.25. The summed E-state index contributed by atoms with van der Waals surface area (Å²) in [5.74, 6) is 3.74. The molecular weight excluding hydrogens is 227 g/mol. The first kappa shape index (κ1) is 12.2. The molecule has 0 saturated heterocycles. The van der Waals surface area contributed by atoms with Crippen LogP contribution in [0.1, 0.15) is 10.5 Å². The number of hydrogen-bond donors (Lipinski definition) is 2. The van der Waals surface area contributed by atoms with Crippen LogP contribution in [-0.2, 0) is 0 Å². The molecule has 0 aliphatic carbocycles. The smallest absolute Gasteiger partial charge is 0.422 e. The average molecular weight is 235 g/mol. The van der Waals surface area contributed by atoms with E-state index >= 15 is 0 Å². The van der Waals surface area contributed by atoms with E-state index in [4.69, 9.17) is 5.84 Å². The Morgan fingerprint density at radius 2 is 2.25 bits per heavy atom. The van der Waals surface area contributed by atoms with Crippen molar-refractivity contribution in [3.05, 3.63) is 24.0 Å². The van der Waals surface area contributed by atoms with Gasteiger partial charge in [0.05, 0.1) is 0 Å². The van der Waals surface area contributed by atoms with Crippen LogP contribution in [0.25, 0.3) is 0 Å². The van der Waals surface area contributed by atoms with Crippen molar-refractivity contribution in [3.63, 3.8) is 0 Å². The third kappa shape index (κ3) is 3.39. The number of amides is 1. The molecule has 8 heteroatoms. The number of alkyl halides is 3. The van der Waals surface area contributed by atoms with Crippen LogP contribution in [0.5, 0.6) is 5.75 Å². The van der Waals surface area contributed by atoms with Gasteiger partial charge in [0.2, 0.25) is 0 Å². The molecule has 0 saturated carbocycles. The van der Waals surface area contributed by atoms with Gasteiger partial charge in [0, 0.05) is 6.20 Å². The first-order chi connectivity index (χ1) is 7.44. The molecule has 16 heavy (non-hydrogen) atoms. The fourth-order valence-corrected chi connectivity index (χ4v) is 0.905. The van der Waals surface area contributed by atoms with Gasteiger partial charge in [0.25, 0.3) is 5.91 Å². The Bertz CT molecular complexity index is 381. The van der Waals surface area contributed by atoms with Crippen LogP contribution >= 0.6 is 0 Å². The second kappa shape index (κ2) is 4.79. The predicted molar refractivity (Wildman–Crippen MR) is 47.4 cm³/mol. The van der Waals surface area contributed by atoms with Crippen LogP contribution < -0.4 is 16.0 Å². The molecule has 0 atom stereocenters. The van der Waals surface area contributed by atoms with Gasteiger partial charge in [0.1, 0.15) is 0 Å². The second-order valence-electron chi connectivity index (χ2n) is 2.73. The van der Waals surface area contributed by atoms with Crippen molar-refractivity contribution in [3.8, 4) is 5.75 Å². The Balaban J connectivity index is 2.83. The van der Waals surface area contributed by atoms with Crippen molar-refractivity contribution in [2.75, 3.05) is 6.61 Å². The molecular formula is C8H8F3N3O2. The molecule has 1 aromatic rings. The standard InChI is InChI=1S/C8H8F3N3O2/c9-8(10,11)4-16-5-2-1-3-13-6(5)7(15)14-12/h1-3H,4,12H2,(H,14,15). The minimum absolute atomic E-state index is 0.275. The third-order valence-corrected chi connectivity index (χ3v) is 1.51. The van der Waals surface area contributed by atoms with E-state index in [2.05, 4.69) is 9.72 Å². The number of hydrogen-bond acceptors (Lipinski definition) is 4. The van der Waals surface area contributed by atoms with Gasteiger partial charge >= 0.3 is 6.18 Å². The Kier molecular flexibility index (Phi) is 3.67. The summed E-state index contributed by atoms with van der Waals surface area (Å²) in [7, 11) is 0. The Labute approximate surface area is 88.4 Å². The highest BCUT2D eigenvalue weighted by molar-refractivity contribution is 5.94. The van der Waals surface area contributed by atoms with Gasteiger partial charge in [0.15, 0.2) is 18.1 Å². The molecule has 0 radical (unpaired) electrons. The Morgan fingerprint density at radius 3 is 2.81 bits per heavy atom. The molecule has 0 bridgehead atoms. The second-order valence-corrected chi connectivity index (χ2v) is 2.73. The van der Waals surface area contributed by atoms with Crippen LogP contribution in [0.3, 0.4) is 0 Å². The molecule has 0 unspecified atom stereocenters. The molecule has 0 spiro atoms. The van der Waals surface area contributed by atoms with Gasteiger partial charge in [-0.1, -0.05) is 0 Å². The number of ether oxygens (including phenoxy) is 1. The van der Waals surface area contributed by atoms with Crippen LogP contribution in [0, 0.1) is 0 Å². The first-order valence-electron chi connectivity index (χ1n) is 4.09. The van der Waals surface area contributed by atoms with Gasteiger partial charge in [-0.25, -0.2) is 10.8 Å². The van der Waals surface area contributed by atoms with Gasteiger partial charge < -0.3 is 4.74 Å². The molecule has 3 N–H and O–H groups in total. The van der Waals surface area contributed by atoms with Gasteiger partial charge in [-0.2, -0.15) is 13.2 Å². The van der Waals surface area contributed by atoms with Crippen LogP contribution in [-0.4, -0.2) is 23.7 Å². The highest BCUT2D eigenvalue weighted by Crippen LogP contribution is 2.20. The number of nitrogens with zero attached hydrogens (tertiary/aromatic N) is 1. The Hall–Kier alpha value is -1.83. The maximum absolute atomic E-state index is 11.9. The SMILES string of the molecule is NNC(=O)c1ncccc1OCC(F)(F)F. The summed E-state index contributed by atoms with van der Waals surface area (Å²) in [5.41, 5.74) is 1.46. The van der Waals surface area contributed by atoms with Crippen molar-refractivity contribution < 1.29 is 22.7 Å². The summed E-state index contributed by atoms with van der Waals surface area (Å²) in [6.45, 7) is -1.50. The molecule has 1 aromatic heterocycles. The van der Waals surface area contributed by atoms with Gasteiger partial charge in [-0.15, -0.1) is 0 Å². The van der Waals surface area contributed by atoms with Crippen LogP contribution in [0.15, 0.2) is 18.3 Å². The van der Waals surface area contributed by atoms with E-state index in [1.165, 1.54) is 18.3 Å². The molecule has 0 aromatic carbocycles. The molecule has 0 aliphatic heterocycles. The summed E-state index contributed by atoms with van der Waals surface area (Å²) in [6, 6.07) is 2.54. The number of pyridine rings is 1. The number of rotatable bonds is 3. The third-order valence-electron chi connectivity index (χ3n) is 1.51. The number of carbonyl (C=O) groups excluding carboxylic acids is 1. The zero-order chi connectivity index (χ0) is 12.2. The number of nitrogen functional groups attached to an aromatic ring is 1. The largest absolute Gasteiger partial charge is 0.482 e. The number of carbonyl (C=O) groups is 1. The van der Waals surface area contributed by atoms with Crippen LogP contribution in [0.4, 0.5) is 13.2 Å². The zero-order valence-electron chi connectivity index (χ0n) is 7.91. The van der Waals surface area contributed by atoms with E-state index in [0.717, 1.165) is 0 Å². The zero-order valence-corrected chi connectivity index (χ0v) is 7.91. The maximum Gasteiger partial charge on any atom is 0.422 e. The molecule has 0 fully saturated rings. The molecule has 1 amide bonds. The van der Waals surface area contributed by atoms with E-state index in [1.807, 2.05) is 0 Å². The van der Waals surface area contributed by atoms with E-state index in [0.29, 0.717) is 0 Å². The lowest BCUT2D eigenvalue weighted by atomic mass is 10.3. The molecule has 5 nitrogen and oxygen atoms in total. The van der Waals surface area contributed by atoms with Gasteiger partial charge in [-0.3, -0.25) is 10.2 Å². The molecule has 0 aliphatic rings. The van der Waals surface area contributed by atoms with Crippen molar-refractivity contribution in [1.29, 1.82) is 0 Å². The van der Waals surface area contributed by atoms with Crippen molar-refractivity contribution in [2.45, 2.75) is 6.18 Å². The molecule has 1 heterocycles. The number of nitrogens with two attached hydrogens (primary N) is 1. The number of nitrogens with one attached hydrogen (secondary N) is 1. The van der Waals surface area contributed by atoms with E-state index in [9.17, 15) is 18.0 Å². The van der Waals surface area contributed by atoms with E-state index in [-0.39, 0.29) is 11.4 Å². The van der Waals surface area contributed by atoms with Crippen LogP contribution in [0.2, 0.25) is 0 Å². The van der Waals surface area contributed by atoms with E-state index < -0.39 is 18.7 Å². The fraction of sp³-hybridized carbons (Fsp3) is 0.250. The topological polar surface area (TPSA) is 77.2 Å². The molecule has 1 rings (SSSR count). The monoisotopic (exact) mass is 235 g/mol. The summed E-state index contributed by atoms with van der Waals surface area (Å²) in [5, 5.41) is 0. The molecule has 88 valence electrons. The number of aromatic nitrogens is 1. The summed E-state index contributed by atoms with van der Waals surface area (Å²) in [6.07, 6.45) is -3.24. The lowest BCUT2D eigenvalue weighted by Crippen LogP contribution is -2.31. The number of hydrazine groups is 1. The van der Waals surface area contributed by atoms with Crippen molar-refractivity contribution >= 4 is 5.91 Å². The quantitative estimate of drug-likeness (QED) is 0.457. The number of halogens is 3.